The summed E-state index contributed by atoms with van der Waals surface area (Å²) in [6.45, 7) is 2.10. The summed E-state index contributed by atoms with van der Waals surface area (Å²) in [5, 5.41) is 0. The Bertz CT molecular complexity index is 430. The van der Waals surface area contributed by atoms with Gasteiger partial charge >= 0.3 is 12.3 Å². The number of benzene rings is 1. The van der Waals surface area contributed by atoms with Crippen LogP contribution in [-0.4, -0.2) is 18.9 Å². The van der Waals surface area contributed by atoms with Crippen molar-refractivity contribution in [2.24, 2.45) is 0 Å². The van der Waals surface area contributed by atoms with E-state index in [9.17, 15) is 18.0 Å². The molecular formula is C14H17F3O3. The monoisotopic (exact) mass is 290 g/mol. The molecule has 0 spiro atoms. The summed E-state index contributed by atoms with van der Waals surface area (Å²) in [6, 6.07) is 5.86. The molecule has 0 aliphatic heterocycles. The zero-order valence-electron chi connectivity index (χ0n) is 11.2. The van der Waals surface area contributed by atoms with Crippen molar-refractivity contribution in [3.8, 4) is 5.75 Å². The standard InChI is InChI=1S/C14H17F3O3/c1-2-19-13(18)9-4-3-6-11-7-5-8-12(10-11)20-14(15,16)17/h5,7-8,10H,2-4,6,9H2,1H3. The van der Waals surface area contributed by atoms with Gasteiger partial charge in [0, 0.05) is 6.42 Å². The molecule has 1 aromatic carbocycles. The van der Waals surface area contributed by atoms with Gasteiger partial charge in [0.15, 0.2) is 0 Å². The minimum Gasteiger partial charge on any atom is -0.466 e. The molecule has 1 aromatic rings. The van der Waals surface area contributed by atoms with Gasteiger partial charge in [0.1, 0.15) is 5.75 Å². The first kappa shape index (κ1) is 16.3. The van der Waals surface area contributed by atoms with Crippen molar-refractivity contribution in [1.82, 2.24) is 0 Å². The molecule has 3 nitrogen and oxygen atoms in total. The van der Waals surface area contributed by atoms with Crippen molar-refractivity contribution in [1.29, 1.82) is 0 Å². The first-order valence-corrected chi connectivity index (χ1v) is 6.41. The number of hydrogen-bond donors (Lipinski definition) is 0. The second kappa shape index (κ2) is 7.77. The average molecular weight is 290 g/mol. The number of carbonyl (C=O) groups excluding carboxylic acids is 1. The molecule has 0 atom stereocenters. The number of unbranched alkanes of at least 4 members (excludes halogenated alkanes) is 1. The second-order valence-electron chi connectivity index (χ2n) is 4.21. The van der Waals surface area contributed by atoms with Crippen molar-refractivity contribution < 1.29 is 27.4 Å². The van der Waals surface area contributed by atoms with Crippen molar-refractivity contribution in [3.63, 3.8) is 0 Å². The van der Waals surface area contributed by atoms with Crippen molar-refractivity contribution in [2.75, 3.05) is 6.61 Å². The largest absolute Gasteiger partial charge is 0.573 e. The van der Waals surface area contributed by atoms with Crippen LogP contribution in [0.5, 0.6) is 5.75 Å². The summed E-state index contributed by atoms with van der Waals surface area (Å²) in [5.74, 6) is -0.470. The van der Waals surface area contributed by atoms with Gasteiger partial charge in [-0.05, 0) is 43.9 Å². The van der Waals surface area contributed by atoms with Crippen LogP contribution in [0, 0.1) is 0 Å². The molecule has 0 saturated carbocycles. The van der Waals surface area contributed by atoms with E-state index in [1.807, 2.05) is 0 Å². The minimum absolute atomic E-state index is 0.222. The van der Waals surface area contributed by atoms with Gasteiger partial charge in [0.25, 0.3) is 0 Å². The summed E-state index contributed by atoms with van der Waals surface area (Å²) in [6.07, 6.45) is -2.42. The molecule has 0 N–H and O–H groups in total. The molecule has 6 heteroatoms. The molecule has 20 heavy (non-hydrogen) atoms. The smallest absolute Gasteiger partial charge is 0.466 e. The van der Waals surface area contributed by atoms with Crippen molar-refractivity contribution >= 4 is 5.97 Å². The molecular weight excluding hydrogens is 273 g/mol. The first-order chi connectivity index (χ1) is 9.40. The molecule has 0 bridgehead atoms. The van der Waals surface area contributed by atoms with Gasteiger partial charge < -0.3 is 9.47 Å². The van der Waals surface area contributed by atoms with E-state index in [0.29, 0.717) is 32.3 Å². The number of esters is 1. The van der Waals surface area contributed by atoms with E-state index in [0.717, 1.165) is 5.56 Å². The van der Waals surface area contributed by atoms with Gasteiger partial charge in [-0.3, -0.25) is 4.79 Å². The van der Waals surface area contributed by atoms with E-state index < -0.39 is 6.36 Å². The SMILES string of the molecule is CCOC(=O)CCCCc1cccc(OC(F)(F)F)c1. The molecule has 0 aliphatic carbocycles. The van der Waals surface area contributed by atoms with E-state index in [1.165, 1.54) is 18.2 Å². The average Bonchev–Trinajstić information content (AvgIpc) is 2.33. The fraction of sp³-hybridized carbons (Fsp3) is 0.500. The van der Waals surface area contributed by atoms with E-state index >= 15 is 0 Å². The highest BCUT2D eigenvalue weighted by molar-refractivity contribution is 5.69. The van der Waals surface area contributed by atoms with Gasteiger partial charge in [0.05, 0.1) is 6.61 Å². The maximum atomic E-state index is 12.1. The second-order valence-corrected chi connectivity index (χ2v) is 4.21. The number of aryl methyl sites for hydroxylation is 1. The number of ether oxygens (including phenoxy) is 2. The van der Waals surface area contributed by atoms with Gasteiger partial charge in [-0.1, -0.05) is 12.1 Å². The molecule has 0 radical (unpaired) electrons. The molecule has 0 aromatic heterocycles. The zero-order valence-corrected chi connectivity index (χ0v) is 11.2. The highest BCUT2D eigenvalue weighted by atomic mass is 19.4. The first-order valence-electron chi connectivity index (χ1n) is 6.41. The highest BCUT2D eigenvalue weighted by Crippen LogP contribution is 2.23. The third-order valence-electron chi connectivity index (χ3n) is 2.53. The lowest BCUT2D eigenvalue weighted by Gasteiger charge is -2.10. The number of hydrogen-bond acceptors (Lipinski definition) is 3. The fourth-order valence-electron chi connectivity index (χ4n) is 1.73. The van der Waals surface area contributed by atoms with Crippen LogP contribution in [0.25, 0.3) is 0 Å². The molecule has 0 aliphatic rings. The molecule has 0 unspecified atom stereocenters. The molecule has 1 rings (SSSR count). The van der Waals surface area contributed by atoms with E-state index in [4.69, 9.17) is 4.74 Å². The summed E-state index contributed by atoms with van der Waals surface area (Å²) in [4.78, 5) is 11.1. The summed E-state index contributed by atoms with van der Waals surface area (Å²) in [5.41, 5.74) is 0.746. The van der Waals surface area contributed by atoms with E-state index in [2.05, 4.69) is 4.74 Å². The van der Waals surface area contributed by atoms with Crippen LogP contribution < -0.4 is 4.74 Å². The summed E-state index contributed by atoms with van der Waals surface area (Å²) in [7, 11) is 0. The Morgan fingerprint density at radius 2 is 2.00 bits per heavy atom. The number of halogens is 3. The van der Waals surface area contributed by atoms with Crippen molar-refractivity contribution in [2.45, 2.75) is 39.0 Å². The highest BCUT2D eigenvalue weighted by Gasteiger charge is 2.31. The lowest BCUT2D eigenvalue weighted by Crippen LogP contribution is -2.17. The van der Waals surface area contributed by atoms with Gasteiger partial charge in [-0.15, -0.1) is 13.2 Å². The van der Waals surface area contributed by atoms with Crippen molar-refractivity contribution in [3.05, 3.63) is 29.8 Å². The fourth-order valence-corrected chi connectivity index (χ4v) is 1.73. The van der Waals surface area contributed by atoms with Gasteiger partial charge in [-0.2, -0.15) is 0 Å². The Hall–Kier alpha value is -1.72. The Morgan fingerprint density at radius 3 is 2.65 bits per heavy atom. The number of carbonyl (C=O) groups is 1. The quantitative estimate of drug-likeness (QED) is 0.565. The normalized spacial score (nSPS) is 11.2. The minimum atomic E-state index is -4.68. The Morgan fingerprint density at radius 1 is 1.25 bits per heavy atom. The van der Waals surface area contributed by atoms with E-state index in [1.54, 1.807) is 13.0 Å². The van der Waals surface area contributed by atoms with Crippen LogP contribution in [0.1, 0.15) is 31.7 Å². The molecule has 0 saturated heterocycles. The zero-order chi connectivity index (χ0) is 15.0. The Labute approximate surface area is 115 Å². The van der Waals surface area contributed by atoms with E-state index in [-0.39, 0.29) is 11.7 Å². The summed E-state index contributed by atoms with van der Waals surface area (Å²) >= 11 is 0. The van der Waals surface area contributed by atoms with Crippen LogP contribution in [-0.2, 0) is 16.0 Å². The van der Waals surface area contributed by atoms with Crippen LogP contribution >= 0.6 is 0 Å². The third kappa shape index (κ3) is 7.01. The molecule has 0 fully saturated rings. The predicted octanol–water partition coefficient (Wildman–Crippen LogP) is 3.86. The van der Waals surface area contributed by atoms with Crippen LogP contribution in [0.2, 0.25) is 0 Å². The number of alkyl halides is 3. The Kier molecular flexibility index (Phi) is 6.35. The lowest BCUT2D eigenvalue weighted by molar-refractivity contribution is -0.274. The third-order valence-corrected chi connectivity index (χ3v) is 2.53. The maximum absolute atomic E-state index is 12.1. The molecule has 0 amide bonds. The molecule has 0 heterocycles. The maximum Gasteiger partial charge on any atom is 0.573 e. The Balaban J connectivity index is 2.37. The molecule has 112 valence electrons. The van der Waals surface area contributed by atoms with Crippen LogP contribution in [0.15, 0.2) is 24.3 Å². The van der Waals surface area contributed by atoms with Gasteiger partial charge in [-0.25, -0.2) is 0 Å². The summed E-state index contributed by atoms with van der Waals surface area (Å²) < 4.78 is 44.8. The van der Waals surface area contributed by atoms with Crippen LogP contribution in [0.4, 0.5) is 13.2 Å². The lowest BCUT2D eigenvalue weighted by atomic mass is 10.1. The number of rotatable bonds is 7. The van der Waals surface area contributed by atoms with Gasteiger partial charge in [0.2, 0.25) is 0 Å². The predicted molar refractivity (Wildman–Crippen MR) is 67.3 cm³/mol. The topological polar surface area (TPSA) is 35.5 Å². The van der Waals surface area contributed by atoms with Crippen LogP contribution in [0.3, 0.4) is 0 Å².